The second-order valence-corrected chi connectivity index (χ2v) is 8.52. The molecule has 1 aromatic heterocycles. The summed E-state index contributed by atoms with van der Waals surface area (Å²) in [5.41, 5.74) is 6.21. The van der Waals surface area contributed by atoms with Gasteiger partial charge in [-0.15, -0.1) is 0 Å². The molecule has 5 rings (SSSR count). The molecule has 6 heteroatoms. The number of anilines is 1. The topological polar surface area (TPSA) is 76.4 Å². The number of carbonyl (C=O) groups is 1. The minimum absolute atomic E-state index is 0.168. The first-order valence-electron chi connectivity index (χ1n) is 11.3. The van der Waals surface area contributed by atoms with Gasteiger partial charge in [-0.1, -0.05) is 23.4 Å². The number of amides is 1. The predicted octanol–water partition coefficient (Wildman–Crippen LogP) is 5.53. The molecule has 0 spiro atoms. The van der Waals surface area contributed by atoms with E-state index in [1.54, 1.807) is 13.2 Å². The van der Waals surface area contributed by atoms with E-state index in [4.69, 9.17) is 9.26 Å². The van der Waals surface area contributed by atoms with E-state index in [1.807, 2.05) is 49.4 Å². The first kappa shape index (κ1) is 21.2. The van der Waals surface area contributed by atoms with Crippen LogP contribution in [0.5, 0.6) is 5.75 Å². The number of nitrogens with one attached hydrogen (secondary N) is 2. The van der Waals surface area contributed by atoms with Crippen LogP contribution in [0.2, 0.25) is 0 Å². The third kappa shape index (κ3) is 4.34. The van der Waals surface area contributed by atoms with Crippen molar-refractivity contribution in [1.82, 2.24) is 10.5 Å². The van der Waals surface area contributed by atoms with Crippen LogP contribution in [-0.2, 0) is 0 Å². The maximum Gasteiger partial charge on any atom is 0.255 e. The first-order chi connectivity index (χ1) is 16.1. The Morgan fingerprint density at radius 1 is 1.09 bits per heavy atom. The number of benzene rings is 3. The van der Waals surface area contributed by atoms with Gasteiger partial charge in [0.05, 0.1) is 12.8 Å². The van der Waals surface area contributed by atoms with Gasteiger partial charge < -0.3 is 19.9 Å². The highest BCUT2D eigenvalue weighted by molar-refractivity contribution is 6.05. The first-order valence-corrected chi connectivity index (χ1v) is 11.3. The van der Waals surface area contributed by atoms with Crippen molar-refractivity contribution in [3.8, 4) is 16.9 Å². The predicted molar refractivity (Wildman–Crippen MR) is 130 cm³/mol. The zero-order chi connectivity index (χ0) is 22.8. The molecule has 3 aromatic carbocycles. The number of aryl methyl sites for hydroxylation is 1. The summed E-state index contributed by atoms with van der Waals surface area (Å²) in [6, 6.07) is 19.3. The normalized spacial score (nSPS) is 14.4. The summed E-state index contributed by atoms with van der Waals surface area (Å²) < 4.78 is 11.0. The van der Waals surface area contributed by atoms with Crippen LogP contribution in [0.4, 0.5) is 5.69 Å². The van der Waals surface area contributed by atoms with Gasteiger partial charge in [-0.2, -0.15) is 0 Å². The van der Waals surface area contributed by atoms with Gasteiger partial charge in [0.15, 0.2) is 5.58 Å². The molecule has 6 nitrogen and oxygen atoms in total. The van der Waals surface area contributed by atoms with Crippen molar-refractivity contribution >= 4 is 22.6 Å². The van der Waals surface area contributed by atoms with Crippen LogP contribution in [0, 0.1) is 6.92 Å². The summed E-state index contributed by atoms with van der Waals surface area (Å²) in [5.74, 6) is 0.962. The van der Waals surface area contributed by atoms with Gasteiger partial charge in [0.1, 0.15) is 5.75 Å². The number of ether oxygens (including phenoxy) is 1. The number of rotatable bonds is 5. The summed E-state index contributed by atoms with van der Waals surface area (Å²) >= 11 is 0. The van der Waals surface area contributed by atoms with Gasteiger partial charge in [-0.05, 0) is 85.9 Å². The highest BCUT2D eigenvalue weighted by Crippen LogP contribution is 2.34. The fourth-order valence-electron chi connectivity index (χ4n) is 4.49. The Hall–Kier alpha value is -3.64. The highest BCUT2D eigenvalue weighted by Gasteiger charge is 2.22. The Morgan fingerprint density at radius 2 is 1.94 bits per heavy atom. The van der Waals surface area contributed by atoms with E-state index in [9.17, 15) is 4.79 Å². The van der Waals surface area contributed by atoms with Gasteiger partial charge in [0.2, 0.25) is 0 Å². The maximum absolute atomic E-state index is 12.9. The molecule has 2 heterocycles. The van der Waals surface area contributed by atoms with Crippen LogP contribution in [0.15, 0.2) is 65.2 Å². The quantitative estimate of drug-likeness (QED) is 0.426. The highest BCUT2D eigenvalue weighted by atomic mass is 16.5. The van der Waals surface area contributed by atoms with Gasteiger partial charge in [-0.3, -0.25) is 4.79 Å². The lowest BCUT2D eigenvalue weighted by atomic mass is 9.91. The number of piperidine rings is 1. The van der Waals surface area contributed by atoms with Crippen molar-refractivity contribution in [3.05, 3.63) is 77.5 Å². The summed E-state index contributed by atoms with van der Waals surface area (Å²) in [6.45, 7) is 4.08. The van der Waals surface area contributed by atoms with Crippen molar-refractivity contribution < 1.29 is 14.1 Å². The molecular formula is C27H27N3O3. The summed E-state index contributed by atoms with van der Waals surface area (Å²) in [7, 11) is 1.61. The maximum atomic E-state index is 12.9. The number of carbonyl (C=O) groups excluding carboxylic acids is 1. The molecule has 0 aliphatic carbocycles. The molecule has 168 valence electrons. The Labute approximate surface area is 192 Å². The van der Waals surface area contributed by atoms with Crippen LogP contribution in [-0.4, -0.2) is 31.3 Å². The van der Waals surface area contributed by atoms with Gasteiger partial charge in [0.25, 0.3) is 5.91 Å². The second-order valence-electron chi connectivity index (χ2n) is 8.52. The lowest BCUT2D eigenvalue weighted by Crippen LogP contribution is -2.26. The molecule has 2 N–H and O–H groups in total. The third-order valence-corrected chi connectivity index (χ3v) is 6.36. The average molecular weight is 442 g/mol. The molecule has 0 saturated carbocycles. The Bertz CT molecular complexity index is 1310. The Kier molecular flexibility index (Phi) is 5.84. The standard InChI is InChI=1S/C27H27N3O3/c1-17-6-7-20(27(31)29-21-4-3-5-22(16-21)32-2)14-24(17)19-8-9-23-25(15-19)33-30-26(23)18-10-12-28-13-11-18/h3-9,14-16,18,28H,10-13H2,1-2H3,(H,29,31). The second kappa shape index (κ2) is 9.08. The summed E-state index contributed by atoms with van der Waals surface area (Å²) in [4.78, 5) is 12.9. The lowest BCUT2D eigenvalue weighted by molar-refractivity contribution is 0.102. The number of hydrogen-bond donors (Lipinski definition) is 2. The molecule has 33 heavy (non-hydrogen) atoms. The van der Waals surface area contributed by atoms with Crippen LogP contribution >= 0.6 is 0 Å². The van der Waals surface area contributed by atoms with E-state index >= 15 is 0 Å². The molecule has 0 bridgehead atoms. The van der Waals surface area contributed by atoms with Crippen LogP contribution in [0.3, 0.4) is 0 Å². The van der Waals surface area contributed by atoms with Gasteiger partial charge in [-0.25, -0.2) is 0 Å². The minimum atomic E-state index is -0.168. The van der Waals surface area contributed by atoms with E-state index in [1.165, 1.54) is 0 Å². The fourth-order valence-corrected chi connectivity index (χ4v) is 4.49. The molecule has 0 unspecified atom stereocenters. The largest absolute Gasteiger partial charge is 0.497 e. The number of hydrogen-bond acceptors (Lipinski definition) is 5. The Morgan fingerprint density at radius 3 is 2.76 bits per heavy atom. The van der Waals surface area contributed by atoms with Crippen LogP contribution in [0.25, 0.3) is 22.1 Å². The van der Waals surface area contributed by atoms with Crippen molar-refractivity contribution in [2.45, 2.75) is 25.7 Å². The monoisotopic (exact) mass is 441 g/mol. The van der Waals surface area contributed by atoms with Crippen molar-refractivity contribution in [2.75, 3.05) is 25.5 Å². The van der Waals surface area contributed by atoms with E-state index in [2.05, 4.69) is 27.9 Å². The molecule has 1 saturated heterocycles. The van der Waals surface area contributed by atoms with E-state index in [0.717, 1.165) is 59.3 Å². The Balaban J connectivity index is 1.43. The summed E-state index contributed by atoms with van der Waals surface area (Å²) in [6.07, 6.45) is 2.15. The average Bonchev–Trinajstić information content (AvgIpc) is 3.28. The zero-order valence-electron chi connectivity index (χ0n) is 18.9. The van der Waals surface area contributed by atoms with Gasteiger partial charge >= 0.3 is 0 Å². The number of fused-ring (bicyclic) bond motifs is 1. The molecule has 1 aliphatic rings. The van der Waals surface area contributed by atoms with Crippen molar-refractivity contribution in [3.63, 3.8) is 0 Å². The minimum Gasteiger partial charge on any atom is -0.497 e. The zero-order valence-corrected chi connectivity index (χ0v) is 18.9. The molecule has 0 atom stereocenters. The third-order valence-electron chi connectivity index (χ3n) is 6.36. The number of aromatic nitrogens is 1. The van der Waals surface area contributed by atoms with Gasteiger partial charge in [0, 0.05) is 28.6 Å². The van der Waals surface area contributed by atoms with E-state index in [-0.39, 0.29) is 5.91 Å². The molecule has 4 aromatic rings. The fraction of sp³-hybridized carbons (Fsp3) is 0.259. The van der Waals surface area contributed by atoms with Crippen LogP contribution < -0.4 is 15.4 Å². The van der Waals surface area contributed by atoms with E-state index in [0.29, 0.717) is 22.9 Å². The smallest absolute Gasteiger partial charge is 0.255 e. The van der Waals surface area contributed by atoms with Crippen molar-refractivity contribution in [2.24, 2.45) is 0 Å². The number of nitrogens with zero attached hydrogens (tertiary/aromatic N) is 1. The molecule has 1 aliphatic heterocycles. The lowest BCUT2D eigenvalue weighted by Gasteiger charge is -2.20. The molecule has 1 fully saturated rings. The summed E-state index contributed by atoms with van der Waals surface area (Å²) in [5, 5.41) is 11.8. The van der Waals surface area contributed by atoms with Crippen LogP contribution in [0.1, 0.15) is 40.4 Å². The SMILES string of the molecule is COc1cccc(NC(=O)c2ccc(C)c(-c3ccc4c(C5CCNCC5)noc4c3)c2)c1. The van der Waals surface area contributed by atoms with Crippen molar-refractivity contribution in [1.29, 1.82) is 0 Å². The number of methoxy groups -OCH3 is 1. The molecule has 1 amide bonds. The molecular weight excluding hydrogens is 414 g/mol. The van der Waals surface area contributed by atoms with E-state index < -0.39 is 0 Å². The molecule has 0 radical (unpaired) electrons.